The molecule has 0 saturated carbocycles. The fourth-order valence-electron chi connectivity index (χ4n) is 5.75. The van der Waals surface area contributed by atoms with E-state index >= 15 is 0 Å². The van der Waals surface area contributed by atoms with E-state index in [4.69, 9.17) is 0 Å². The third kappa shape index (κ3) is 6.17. The second-order valence-electron chi connectivity index (χ2n) is 9.54. The number of likely N-dealkylation sites (tertiary alicyclic amines) is 2. The average molecular weight is 482 g/mol. The van der Waals surface area contributed by atoms with Crippen LogP contribution in [0.5, 0.6) is 0 Å². The van der Waals surface area contributed by atoms with Gasteiger partial charge in [0, 0.05) is 12.8 Å². The van der Waals surface area contributed by atoms with Crippen molar-refractivity contribution in [3.8, 4) is 0 Å². The zero-order valence-corrected chi connectivity index (χ0v) is 20.6. The zero-order valence-electron chi connectivity index (χ0n) is 19.1. The molecule has 0 aromatic heterocycles. The van der Waals surface area contributed by atoms with Crippen molar-refractivity contribution in [2.75, 3.05) is 39.3 Å². The number of halogens is 2. The summed E-state index contributed by atoms with van der Waals surface area (Å²) in [5.41, 5.74) is 0.233. The van der Waals surface area contributed by atoms with Crippen molar-refractivity contribution in [3.63, 3.8) is 0 Å². The third-order valence-corrected chi connectivity index (χ3v) is 7.65. The van der Waals surface area contributed by atoms with Crippen LogP contribution in [-0.2, 0) is 10.2 Å². The summed E-state index contributed by atoms with van der Waals surface area (Å²) < 4.78 is 0. The smallest absolute Gasteiger partial charge is 0.314 e. The standard InChI is InChI=1S/C26H36N2O2.2ClH/c29-25(30)26(14-20-27-16-5-1-6-17-27,15-21-28-18-7-2-8-19-28)24-13-9-11-22-10-3-4-12-23(22)24;;/h3-4,9-13H,1-2,5-8,14-21H2,(H,29,30);2*1H. The van der Waals surface area contributed by atoms with Gasteiger partial charge in [-0.25, -0.2) is 0 Å². The van der Waals surface area contributed by atoms with E-state index in [0.717, 1.165) is 42.3 Å². The molecule has 4 rings (SSSR count). The summed E-state index contributed by atoms with van der Waals surface area (Å²) in [6.07, 6.45) is 9.24. The highest BCUT2D eigenvalue weighted by atomic mass is 35.5. The number of piperidine rings is 2. The predicted octanol–water partition coefficient (Wildman–Crippen LogP) is -3.91. The summed E-state index contributed by atoms with van der Waals surface area (Å²) >= 11 is 0. The van der Waals surface area contributed by atoms with Gasteiger partial charge in [-0.15, -0.1) is 0 Å². The van der Waals surface area contributed by atoms with Crippen LogP contribution in [0.4, 0.5) is 0 Å². The molecule has 2 aromatic rings. The van der Waals surface area contributed by atoms with Crippen LogP contribution in [0.1, 0.15) is 56.9 Å². The van der Waals surface area contributed by atoms with Gasteiger partial charge in [-0.05, 0) is 54.9 Å². The maximum absolute atomic E-state index is 13.0. The molecule has 2 aromatic carbocycles. The van der Waals surface area contributed by atoms with Crippen LogP contribution in [0.25, 0.3) is 10.8 Å². The lowest BCUT2D eigenvalue weighted by atomic mass is 9.72. The molecular formula is C26H38Cl2N2O2. The third-order valence-electron chi connectivity index (χ3n) is 7.65. The van der Waals surface area contributed by atoms with E-state index in [1.54, 1.807) is 9.80 Å². The number of quaternary nitrogens is 2. The Morgan fingerprint density at radius 1 is 0.750 bits per heavy atom. The lowest BCUT2D eigenvalue weighted by molar-refractivity contribution is -0.907. The molecule has 0 atom stereocenters. The summed E-state index contributed by atoms with van der Waals surface area (Å²) in [5.74, 6) is -0.633. The molecule has 0 radical (unpaired) electrons. The molecule has 32 heavy (non-hydrogen) atoms. The molecule has 2 aliphatic heterocycles. The van der Waals surface area contributed by atoms with Gasteiger partial charge in [0.15, 0.2) is 0 Å². The van der Waals surface area contributed by atoms with E-state index < -0.39 is 11.4 Å². The Morgan fingerprint density at radius 2 is 1.25 bits per heavy atom. The van der Waals surface area contributed by atoms with Crippen molar-refractivity contribution in [3.05, 3.63) is 48.0 Å². The van der Waals surface area contributed by atoms with Crippen LogP contribution in [0, 0.1) is 0 Å². The minimum absolute atomic E-state index is 0. The van der Waals surface area contributed by atoms with Gasteiger partial charge in [0.2, 0.25) is 0 Å². The number of hydrogen-bond acceptors (Lipinski definition) is 1. The van der Waals surface area contributed by atoms with Crippen LogP contribution in [-0.4, -0.2) is 50.3 Å². The summed E-state index contributed by atoms with van der Waals surface area (Å²) in [7, 11) is 0. The molecule has 3 N–H and O–H groups in total. The molecule has 2 heterocycles. The van der Waals surface area contributed by atoms with E-state index in [9.17, 15) is 9.90 Å². The lowest BCUT2D eigenvalue weighted by Gasteiger charge is -2.35. The van der Waals surface area contributed by atoms with Crippen molar-refractivity contribution in [1.29, 1.82) is 0 Å². The number of rotatable bonds is 8. The Kier molecular flexibility index (Phi) is 10.8. The Balaban J connectivity index is 0.00000181. The number of nitrogens with one attached hydrogen (secondary N) is 2. The lowest BCUT2D eigenvalue weighted by Crippen LogP contribution is -3.13. The topological polar surface area (TPSA) is 46.2 Å². The first-order chi connectivity index (χ1) is 14.7. The number of aliphatic carboxylic acids is 1. The molecule has 2 fully saturated rings. The van der Waals surface area contributed by atoms with Crippen LogP contribution in [0.3, 0.4) is 0 Å². The highest BCUT2D eigenvalue weighted by Crippen LogP contribution is 2.36. The molecule has 2 saturated heterocycles. The van der Waals surface area contributed by atoms with Crippen LogP contribution < -0.4 is 34.6 Å². The molecule has 4 nitrogen and oxygen atoms in total. The average Bonchev–Trinajstić information content (AvgIpc) is 2.80. The second-order valence-corrected chi connectivity index (χ2v) is 9.54. The summed E-state index contributed by atoms with van der Waals surface area (Å²) in [6, 6.07) is 14.6. The van der Waals surface area contributed by atoms with Crippen molar-refractivity contribution in [2.45, 2.75) is 56.8 Å². The van der Waals surface area contributed by atoms with E-state index in [2.05, 4.69) is 30.3 Å². The molecule has 0 unspecified atom stereocenters. The highest BCUT2D eigenvalue weighted by Gasteiger charge is 2.43. The molecule has 2 aliphatic rings. The van der Waals surface area contributed by atoms with E-state index in [0.29, 0.717) is 0 Å². The minimum atomic E-state index is -0.796. The fraction of sp³-hybridized carbons (Fsp3) is 0.577. The van der Waals surface area contributed by atoms with Crippen LogP contribution >= 0.6 is 0 Å². The number of carboxylic acids is 1. The Hall–Kier alpha value is -1.33. The highest BCUT2D eigenvalue weighted by molar-refractivity contribution is 5.93. The van der Waals surface area contributed by atoms with Crippen molar-refractivity contribution in [1.82, 2.24) is 0 Å². The zero-order chi connectivity index (χ0) is 20.8. The number of benzene rings is 2. The normalized spacial score (nSPS) is 18.0. The van der Waals surface area contributed by atoms with Gasteiger partial charge in [0.25, 0.3) is 0 Å². The van der Waals surface area contributed by atoms with Gasteiger partial charge in [0.1, 0.15) is 5.41 Å². The summed E-state index contributed by atoms with van der Waals surface area (Å²) in [5, 5.41) is 12.9. The van der Waals surface area contributed by atoms with Gasteiger partial charge >= 0.3 is 5.97 Å². The largest absolute Gasteiger partial charge is 1.00 e. The van der Waals surface area contributed by atoms with E-state index in [1.165, 1.54) is 64.7 Å². The van der Waals surface area contributed by atoms with Crippen LogP contribution in [0.15, 0.2) is 42.5 Å². The predicted molar refractivity (Wildman–Crippen MR) is 121 cm³/mol. The van der Waals surface area contributed by atoms with E-state index in [1.807, 2.05) is 12.1 Å². The van der Waals surface area contributed by atoms with Crippen molar-refractivity contribution < 1.29 is 44.5 Å². The summed E-state index contributed by atoms with van der Waals surface area (Å²) in [6.45, 7) is 6.71. The Labute approximate surface area is 205 Å². The van der Waals surface area contributed by atoms with Crippen molar-refractivity contribution in [2.24, 2.45) is 0 Å². The first-order valence-corrected chi connectivity index (χ1v) is 12.1. The number of carboxylic acid groups (broad SMARTS) is 1. The van der Waals surface area contributed by atoms with Crippen molar-refractivity contribution >= 4 is 16.7 Å². The fourth-order valence-corrected chi connectivity index (χ4v) is 5.75. The molecular weight excluding hydrogens is 443 g/mol. The number of carbonyl (C=O) groups is 1. The molecule has 0 bridgehead atoms. The Bertz CT molecular complexity index is 821. The molecule has 6 heteroatoms. The molecule has 0 amide bonds. The molecule has 178 valence electrons. The first kappa shape index (κ1) is 26.9. The maximum Gasteiger partial charge on any atom is 0.314 e. The number of fused-ring (bicyclic) bond motifs is 1. The van der Waals surface area contributed by atoms with Gasteiger partial charge in [-0.3, -0.25) is 4.79 Å². The van der Waals surface area contributed by atoms with Gasteiger partial charge < -0.3 is 39.7 Å². The van der Waals surface area contributed by atoms with Crippen LogP contribution in [0.2, 0.25) is 0 Å². The maximum atomic E-state index is 13.0. The number of hydrogen-bond donors (Lipinski definition) is 3. The second kappa shape index (κ2) is 12.8. The SMILES string of the molecule is O=C(O)C(CC[NH+]1CCCCC1)(CC[NH+]1CCCCC1)c1cccc2ccccc12.[Cl-].[Cl-]. The van der Waals surface area contributed by atoms with E-state index in [-0.39, 0.29) is 24.8 Å². The molecule has 0 aliphatic carbocycles. The van der Waals surface area contributed by atoms with Gasteiger partial charge in [0.05, 0.1) is 39.3 Å². The first-order valence-electron chi connectivity index (χ1n) is 12.1. The van der Waals surface area contributed by atoms with Gasteiger partial charge in [-0.2, -0.15) is 0 Å². The van der Waals surface area contributed by atoms with Gasteiger partial charge in [-0.1, -0.05) is 42.5 Å². The monoisotopic (exact) mass is 480 g/mol. The quantitative estimate of drug-likeness (QED) is 0.361. The Morgan fingerprint density at radius 3 is 1.78 bits per heavy atom. The minimum Gasteiger partial charge on any atom is -1.00 e. The molecule has 0 spiro atoms. The summed E-state index contributed by atoms with van der Waals surface area (Å²) in [4.78, 5) is 16.2.